The van der Waals surface area contributed by atoms with Crippen molar-refractivity contribution in [3.05, 3.63) is 23.8 Å². The summed E-state index contributed by atoms with van der Waals surface area (Å²) in [6.45, 7) is 8.03. The van der Waals surface area contributed by atoms with Crippen molar-refractivity contribution in [2.24, 2.45) is 0 Å². The van der Waals surface area contributed by atoms with E-state index in [0.717, 1.165) is 26.1 Å². The molecule has 0 unspecified atom stereocenters. The lowest BCUT2D eigenvalue weighted by molar-refractivity contribution is 0.0952. The number of rotatable bonds is 8. The SMILES string of the molecule is CCN(CC)CCCNC(=O)c1ccc(OC)c(N)c1. The maximum atomic E-state index is 12.0. The Morgan fingerprint density at radius 2 is 2.05 bits per heavy atom. The molecule has 0 aliphatic heterocycles. The molecule has 1 rings (SSSR count). The van der Waals surface area contributed by atoms with Crippen LogP contribution in [0.2, 0.25) is 0 Å². The molecule has 0 aromatic heterocycles. The summed E-state index contributed by atoms with van der Waals surface area (Å²) >= 11 is 0. The number of ether oxygens (including phenoxy) is 1. The van der Waals surface area contributed by atoms with E-state index >= 15 is 0 Å². The predicted octanol–water partition coefficient (Wildman–Crippen LogP) is 1.74. The van der Waals surface area contributed by atoms with E-state index < -0.39 is 0 Å². The lowest BCUT2D eigenvalue weighted by Gasteiger charge is -2.17. The molecule has 112 valence electrons. The van der Waals surface area contributed by atoms with Crippen LogP contribution in [0.3, 0.4) is 0 Å². The first kappa shape index (κ1) is 16.3. The molecule has 0 heterocycles. The monoisotopic (exact) mass is 279 g/mol. The third-order valence-electron chi connectivity index (χ3n) is 3.32. The third-order valence-corrected chi connectivity index (χ3v) is 3.32. The van der Waals surface area contributed by atoms with Gasteiger partial charge in [0.25, 0.3) is 5.91 Å². The molecule has 0 saturated heterocycles. The first-order chi connectivity index (χ1) is 9.62. The molecule has 0 bridgehead atoms. The van der Waals surface area contributed by atoms with Crippen LogP contribution in [0.4, 0.5) is 5.69 Å². The highest BCUT2D eigenvalue weighted by Crippen LogP contribution is 2.21. The second kappa shape index (κ2) is 8.43. The molecule has 5 nitrogen and oxygen atoms in total. The fourth-order valence-electron chi connectivity index (χ4n) is 2.02. The Morgan fingerprint density at radius 1 is 1.35 bits per heavy atom. The Balaban J connectivity index is 2.41. The highest BCUT2D eigenvalue weighted by atomic mass is 16.5. The molecule has 1 amide bonds. The van der Waals surface area contributed by atoms with Crippen LogP contribution in [-0.2, 0) is 0 Å². The minimum Gasteiger partial charge on any atom is -0.495 e. The van der Waals surface area contributed by atoms with Crippen molar-refractivity contribution in [2.75, 3.05) is 39.0 Å². The van der Waals surface area contributed by atoms with Gasteiger partial charge in [-0.1, -0.05) is 13.8 Å². The van der Waals surface area contributed by atoms with Crippen molar-refractivity contribution < 1.29 is 9.53 Å². The average molecular weight is 279 g/mol. The summed E-state index contributed by atoms with van der Waals surface area (Å²) in [7, 11) is 1.55. The molecule has 1 aromatic rings. The Kier molecular flexibility index (Phi) is 6.87. The lowest BCUT2D eigenvalue weighted by atomic mass is 10.1. The zero-order valence-corrected chi connectivity index (χ0v) is 12.6. The third kappa shape index (κ3) is 4.74. The van der Waals surface area contributed by atoms with E-state index in [2.05, 4.69) is 24.1 Å². The van der Waals surface area contributed by atoms with Crippen molar-refractivity contribution in [1.29, 1.82) is 0 Å². The van der Waals surface area contributed by atoms with Gasteiger partial charge in [-0.25, -0.2) is 0 Å². The second-order valence-electron chi connectivity index (χ2n) is 4.59. The molecular formula is C15H25N3O2. The van der Waals surface area contributed by atoms with Crippen LogP contribution in [0.15, 0.2) is 18.2 Å². The Bertz CT molecular complexity index is 431. The van der Waals surface area contributed by atoms with Gasteiger partial charge in [0.2, 0.25) is 0 Å². The predicted molar refractivity (Wildman–Crippen MR) is 82.1 cm³/mol. The molecule has 0 saturated carbocycles. The summed E-state index contributed by atoms with van der Waals surface area (Å²) in [5.74, 6) is 0.488. The van der Waals surface area contributed by atoms with Crippen molar-refractivity contribution in [1.82, 2.24) is 10.2 Å². The topological polar surface area (TPSA) is 67.6 Å². The number of nitrogen functional groups attached to an aromatic ring is 1. The van der Waals surface area contributed by atoms with Gasteiger partial charge in [0.15, 0.2) is 0 Å². The van der Waals surface area contributed by atoms with Gasteiger partial charge in [-0.15, -0.1) is 0 Å². The van der Waals surface area contributed by atoms with Crippen molar-refractivity contribution >= 4 is 11.6 Å². The molecule has 0 atom stereocenters. The van der Waals surface area contributed by atoms with E-state index in [-0.39, 0.29) is 5.91 Å². The number of nitrogens with two attached hydrogens (primary N) is 1. The normalized spacial score (nSPS) is 10.6. The summed E-state index contributed by atoms with van der Waals surface area (Å²) in [5, 5.41) is 2.91. The minimum absolute atomic E-state index is 0.0982. The summed E-state index contributed by atoms with van der Waals surface area (Å²) in [5.41, 5.74) is 6.83. The lowest BCUT2D eigenvalue weighted by Crippen LogP contribution is -2.29. The summed E-state index contributed by atoms with van der Waals surface area (Å²) < 4.78 is 5.07. The first-order valence-electron chi connectivity index (χ1n) is 7.06. The van der Waals surface area contributed by atoms with Gasteiger partial charge in [-0.2, -0.15) is 0 Å². The Labute approximate surface area is 121 Å². The van der Waals surface area contributed by atoms with E-state index in [1.54, 1.807) is 25.3 Å². The molecule has 1 aromatic carbocycles. The maximum Gasteiger partial charge on any atom is 0.251 e. The summed E-state index contributed by atoms with van der Waals surface area (Å²) in [6.07, 6.45) is 0.944. The number of amides is 1. The maximum absolute atomic E-state index is 12.0. The largest absolute Gasteiger partial charge is 0.495 e. The molecule has 0 aliphatic rings. The molecule has 3 N–H and O–H groups in total. The molecule has 5 heteroatoms. The van der Waals surface area contributed by atoms with Gasteiger partial charge in [0.1, 0.15) is 5.75 Å². The van der Waals surface area contributed by atoms with Crippen LogP contribution < -0.4 is 15.8 Å². The number of carbonyl (C=O) groups excluding carboxylic acids is 1. The van der Waals surface area contributed by atoms with Gasteiger partial charge in [0, 0.05) is 12.1 Å². The fraction of sp³-hybridized carbons (Fsp3) is 0.533. The van der Waals surface area contributed by atoms with Crippen LogP contribution in [0.5, 0.6) is 5.75 Å². The zero-order chi connectivity index (χ0) is 15.0. The van der Waals surface area contributed by atoms with Crippen LogP contribution >= 0.6 is 0 Å². The fourth-order valence-corrected chi connectivity index (χ4v) is 2.02. The number of methoxy groups -OCH3 is 1. The summed E-state index contributed by atoms with van der Waals surface area (Å²) in [4.78, 5) is 14.3. The molecular weight excluding hydrogens is 254 g/mol. The smallest absolute Gasteiger partial charge is 0.251 e. The van der Waals surface area contributed by atoms with Gasteiger partial charge in [0.05, 0.1) is 12.8 Å². The van der Waals surface area contributed by atoms with E-state index in [0.29, 0.717) is 23.5 Å². The van der Waals surface area contributed by atoms with Crippen LogP contribution in [0.1, 0.15) is 30.6 Å². The van der Waals surface area contributed by atoms with E-state index in [1.165, 1.54) is 0 Å². The van der Waals surface area contributed by atoms with Gasteiger partial charge in [-0.05, 0) is 44.3 Å². The first-order valence-corrected chi connectivity index (χ1v) is 7.06. The highest BCUT2D eigenvalue weighted by molar-refractivity contribution is 5.95. The molecule has 0 aliphatic carbocycles. The molecule has 0 spiro atoms. The van der Waals surface area contributed by atoms with E-state index in [9.17, 15) is 4.79 Å². The van der Waals surface area contributed by atoms with E-state index in [4.69, 9.17) is 10.5 Å². The Morgan fingerprint density at radius 3 is 2.60 bits per heavy atom. The van der Waals surface area contributed by atoms with E-state index in [1.807, 2.05) is 0 Å². The average Bonchev–Trinajstić information content (AvgIpc) is 2.47. The van der Waals surface area contributed by atoms with Gasteiger partial charge in [-0.3, -0.25) is 4.79 Å². The summed E-state index contributed by atoms with van der Waals surface area (Å²) in [6, 6.07) is 5.06. The minimum atomic E-state index is -0.0982. The highest BCUT2D eigenvalue weighted by Gasteiger charge is 2.08. The number of benzene rings is 1. The van der Waals surface area contributed by atoms with Gasteiger partial charge >= 0.3 is 0 Å². The Hall–Kier alpha value is -1.75. The quantitative estimate of drug-likeness (QED) is 0.562. The number of nitrogens with one attached hydrogen (secondary N) is 1. The molecule has 0 radical (unpaired) electrons. The van der Waals surface area contributed by atoms with Crippen molar-refractivity contribution in [2.45, 2.75) is 20.3 Å². The number of hydrogen-bond acceptors (Lipinski definition) is 4. The number of hydrogen-bond donors (Lipinski definition) is 2. The van der Waals surface area contributed by atoms with Crippen molar-refractivity contribution in [3.8, 4) is 5.75 Å². The van der Waals surface area contributed by atoms with Crippen LogP contribution in [-0.4, -0.2) is 44.1 Å². The standard InChI is InChI=1S/C15H25N3O2/c1-4-18(5-2)10-6-9-17-15(19)12-7-8-14(20-3)13(16)11-12/h7-8,11H,4-6,9-10,16H2,1-3H3,(H,17,19). The number of carbonyl (C=O) groups is 1. The number of anilines is 1. The second-order valence-corrected chi connectivity index (χ2v) is 4.59. The van der Waals surface area contributed by atoms with Gasteiger partial charge < -0.3 is 20.7 Å². The van der Waals surface area contributed by atoms with Crippen LogP contribution in [0, 0.1) is 0 Å². The molecule has 20 heavy (non-hydrogen) atoms. The molecule has 0 fully saturated rings. The zero-order valence-electron chi connectivity index (χ0n) is 12.6. The van der Waals surface area contributed by atoms with Crippen LogP contribution in [0.25, 0.3) is 0 Å². The number of nitrogens with zero attached hydrogens (tertiary/aromatic N) is 1. The van der Waals surface area contributed by atoms with Crippen molar-refractivity contribution in [3.63, 3.8) is 0 Å².